The fraction of sp³-hybridized carbons (Fsp3) is 0.214. The van der Waals surface area contributed by atoms with E-state index in [1.165, 1.54) is 0 Å². The molecule has 194 valence electrons. The highest BCUT2D eigenvalue weighted by Crippen LogP contribution is 2.24. The molecule has 2 aromatic heterocycles. The van der Waals surface area contributed by atoms with Crippen LogP contribution >= 0.6 is 0 Å². The normalized spacial score (nSPS) is 14.9. The van der Waals surface area contributed by atoms with E-state index in [4.69, 9.17) is 11.5 Å². The Morgan fingerprint density at radius 2 is 1.71 bits per heavy atom. The number of urea groups is 1. The topological polar surface area (TPSA) is 144 Å². The molecular formula is C28H30N8O2. The van der Waals surface area contributed by atoms with Crippen LogP contribution in [0.5, 0.6) is 0 Å². The second-order valence-corrected chi connectivity index (χ2v) is 9.37. The van der Waals surface area contributed by atoms with Gasteiger partial charge in [0, 0.05) is 61.9 Å². The number of nitrogens with zero attached hydrogens (tertiary/aromatic N) is 4. The van der Waals surface area contributed by atoms with E-state index >= 15 is 0 Å². The molecule has 5 rings (SSSR count). The van der Waals surface area contributed by atoms with Crippen molar-refractivity contribution in [3.8, 4) is 22.3 Å². The van der Waals surface area contributed by atoms with E-state index in [1.807, 2.05) is 61.8 Å². The highest BCUT2D eigenvalue weighted by molar-refractivity contribution is 5.99. The minimum absolute atomic E-state index is 0.154. The zero-order valence-corrected chi connectivity index (χ0v) is 21.1. The Bertz CT molecular complexity index is 1450. The third kappa shape index (κ3) is 5.50. The quantitative estimate of drug-likeness (QED) is 0.313. The molecule has 0 bridgehead atoms. The fourth-order valence-corrected chi connectivity index (χ4v) is 4.49. The summed E-state index contributed by atoms with van der Waals surface area (Å²) >= 11 is 0. The van der Waals surface area contributed by atoms with Crippen molar-refractivity contribution in [3.05, 3.63) is 84.3 Å². The molecular weight excluding hydrogens is 480 g/mol. The van der Waals surface area contributed by atoms with E-state index < -0.39 is 0 Å². The number of amides is 3. The Balaban J connectivity index is 1.17. The van der Waals surface area contributed by atoms with E-state index in [0.29, 0.717) is 37.3 Å². The number of hydrogen-bond donors (Lipinski definition) is 4. The number of carbonyl (C=O) groups is 2. The number of nitrogen functional groups attached to an aromatic ring is 1. The van der Waals surface area contributed by atoms with Gasteiger partial charge in [-0.2, -0.15) is 5.10 Å². The van der Waals surface area contributed by atoms with Crippen molar-refractivity contribution >= 4 is 23.4 Å². The molecule has 0 aliphatic carbocycles. The summed E-state index contributed by atoms with van der Waals surface area (Å²) in [4.78, 5) is 31.7. The highest BCUT2D eigenvalue weighted by Gasteiger charge is 2.28. The Hall–Kier alpha value is -4.70. The van der Waals surface area contributed by atoms with Gasteiger partial charge in [-0.05, 0) is 41.3 Å². The van der Waals surface area contributed by atoms with Crippen LogP contribution in [0.15, 0.2) is 73.2 Å². The number of benzene rings is 2. The van der Waals surface area contributed by atoms with Crippen LogP contribution in [0.25, 0.3) is 22.3 Å². The van der Waals surface area contributed by atoms with Gasteiger partial charge in [0.25, 0.3) is 5.91 Å². The first-order valence-electron chi connectivity index (χ1n) is 12.4. The predicted molar refractivity (Wildman–Crippen MR) is 147 cm³/mol. The lowest BCUT2D eigenvalue weighted by Gasteiger charge is -2.18. The molecule has 4 aromatic rings. The molecule has 10 nitrogen and oxygen atoms in total. The second-order valence-electron chi connectivity index (χ2n) is 9.37. The van der Waals surface area contributed by atoms with E-state index in [0.717, 1.165) is 27.8 Å². The van der Waals surface area contributed by atoms with Crippen LogP contribution in [0, 0.1) is 0 Å². The molecule has 3 heterocycles. The summed E-state index contributed by atoms with van der Waals surface area (Å²) in [5.41, 5.74) is 17.5. The first-order valence-corrected chi connectivity index (χ1v) is 12.4. The predicted octanol–water partition coefficient (Wildman–Crippen LogP) is 3.23. The van der Waals surface area contributed by atoms with Crippen molar-refractivity contribution in [2.45, 2.75) is 19.0 Å². The average Bonchev–Trinajstić information content (AvgIpc) is 3.58. The van der Waals surface area contributed by atoms with Gasteiger partial charge in [0.15, 0.2) is 0 Å². The van der Waals surface area contributed by atoms with Crippen LogP contribution in [0.2, 0.25) is 0 Å². The number of carbonyl (C=O) groups excluding carboxylic acids is 2. The fourth-order valence-electron chi connectivity index (χ4n) is 4.49. The largest absolute Gasteiger partial charge is 0.383 e. The molecule has 0 saturated carbocycles. The SMILES string of the molecule is Cn1cc(-c2cnc(N)c(C(=O)N[C@@H]3CCN(C(=O)Nc4ccc(-c5ccc(CN)cc5)cc4)C3)c2)cn1. The van der Waals surface area contributed by atoms with Crippen LogP contribution in [-0.2, 0) is 13.6 Å². The van der Waals surface area contributed by atoms with Crippen molar-refractivity contribution in [1.29, 1.82) is 0 Å². The number of likely N-dealkylation sites (tertiary alicyclic amines) is 1. The molecule has 1 fully saturated rings. The Morgan fingerprint density at radius 3 is 2.37 bits per heavy atom. The maximum absolute atomic E-state index is 13.0. The van der Waals surface area contributed by atoms with Crippen molar-refractivity contribution < 1.29 is 9.59 Å². The number of pyridine rings is 1. The Labute approximate surface area is 220 Å². The van der Waals surface area contributed by atoms with Crippen molar-refractivity contribution in [1.82, 2.24) is 25.0 Å². The molecule has 38 heavy (non-hydrogen) atoms. The van der Waals surface area contributed by atoms with Crippen molar-refractivity contribution in [3.63, 3.8) is 0 Å². The van der Waals surface area contributed by atoms with E-state index in [2.05, 4.69) is 20.7 Å². The number of anilines is 2. The number of rotatable bonds is 6. The molecule has 0 unspecified atom stereocenters. The molecule has 0 radical (unpaired) electrons. The van der Waals surface area contributed by atoms with Gasteiger partial charge in [0.2, 0.25) is 0 Å². The first-order chi connectivity index (χ1) is 18.4. The third-order valence-electron chi connectivity index (χ3n) is 6.67. The lowest BCUT2D eigenvalue weighted by Crippen LogP contribution is -2.40. The van der Waals surface area contributed by atoms with Gasteiger partial charge >= 0.3 is 6.03 Å². The molecule has 2 aromatic carbocycles. The maximum atomic E-state index is 13.0. The van der Waals surface area contributed by atoms with E-state index in [1.54, 1.807) is 28.0 Å². The zero-order chi connectivity index (χ0) is 26.6. The molecule has 3 amide bonds. The standard InChI is InChI=1S/C28H30N8O2/c1-35-16-22(15-32-35)21-12-25(26(30)31-14-21)27(37)33-24-10-11-36(17-24)28(38)34-23-8-6-20(7-9-23)19-4-2-18(13-29)3-5-19/h2-9,12,14-16,24H,10-11,13,17,29H2,1H3,(H2,30,31)(H,33,37)(H,34,38)/t24-/m1/s1. The van der Waals surface area contributed by atoms with Gasteiger partial charge in [-0.25, -0.2) is 9.78 Å². The summed E-state index contributed by atoms with van der Waals surface area (Å²) in [5, 5.41) is 10.1. The van der Waals surface area contributed by atoms with Gasteiger partial charge in [0.05, 0.1) is 11.8 Å². The molecule has 6 N–H and O–H groups in total. The lowest BCUT2D eigenvalue weighted by atomic mass is 10.0. The van der Waals surface area contributed by atoms with Crippen LogP contribution in [0.1, 0.15) is 22.3 Å². The Morgan fingerprint density at radius 1 is 1.00 bits per heavy atom. The number of nitrogens with two attached hydrogens (primary N) is 2. The summed E-state index contributed by atoms with van der Waals surface area (Å²) in [6.07, 6.45) is 5.81. The second kappa shape index (κ2) is 10.7. The molecule has 1 aliphatic rings. The van der Waals surface area contributed by atoms with Crippen LogP contribution < -0.4 is 22.1 Å². The molecule has 1 aliphatic heterocycles. The number of aromatic nitrogens is 3. The zero-order valence-electron chi connectivity index (χ0n) is 21.1. The molecule has 1 atom stereocenters. The van der Waals surface area contributed by atoms with Gasteiger partial charge < -0.3 is 27.0 Å². The first kappa shape index (κ1) is 25.0. The molecule has 10 heteroatoms. The summed E-state index contributed by atoms with van der Waals surface area (Å²) < 4.78 is 1.68. The summed E-state index contributed by atoms with van der Waals surface area (Å²) in [7, 11) is 1.82. The van der Waals surface area contributed by atoms with Crippen LogP contribution in [-0.4, -0.2) is 50.7 Å². The summed E-state index contributed by atoms with van der Waals surface area (Å²) in [6.45, 7) is 1.45. The summed E-state index contributed by atoms with van der Waals surface area (Å²) in [5.74, 6) is -0.162. The van der Waals surface area contributed by atoms with Crippen LogP contribution in [0.3, 0.4) is 0 Å². The Kier molecular flexibility index (Phi) is 7.05. The third-order valence-corrected chi connectivity index (χ3v) is 6.67. The maximum Gasteiger partial charge on any atom is 0.321 e. The minimum Gasteiger partial charge on any atom is -0.383 e. The number of aryl methyl sites for hydroxylation is 1. The van der Waals surface area contributed by atoms with Crippen molar-refractivity contribution in [2.24, 2.45) is 12.8 Å². The molecule has 0 spiro atoms. The monoisotopic (exact) mass is 510 g/mol. The van der Waals surface area contributed by atoms with Crippen molar-refractivity contribution in [2.75, 3.05) is 24.1 Å². The van der Waals surface area contributed by atoms with E-state index in [-0.39, 0.29) is 23.8 Å². The lowest BCUT2D eigenvalue weighted by molar-refractivity contribution is 0.0938. The van der Waals surface area contributed by atoms with E-state index in [9.17, 15) is 9.59 Å². The minimum atomic E-state index is -0.317. The van der Waals surface area contributed by atoms with Crippen LogP contribution in [0.4, 0.5) is 16.3 Å². The number of nitrogens with one attached hydrogen (secondary N) is 2. The summed E-state index contributed by atoms with van der Waals surface area (Å²) in [6, 6.07) is 17.1. The van der Waals surface area contributed by atoms with Gasteiger partial charge in [0.1, 0.15) is 5.82 Å². The molecule has 1 saturated heterocycles. The highest BCUT2D eigenvalue weighted by atomic mass is 16.2. The van der Waals surface area contributed by atoms with Gasteiger partial charge in [-0.1, -0.05) is 36.4 Å². The smallest absolute Gasteiger partial charge is 0.321 e. The number of hydrogen-bond acceptors (Lipinski definition) is 6. The van der Waals surface area contributed by atoms with Gasteiger partial charge in [-0.3, -0.25) is 9.48 Å². The average molecular weight is 511 g/mol. The van der Waals surface area contributed by atoms with Gasteiger partial charge in [-0.15, -0.1) is 0 Å².